The first-order chi connectivity index (χ1) is 45.2. The Morgan fingerprint density at radius 3 is 1.22 bits per heavy atom. The molecule has 18 nitrogen and oxygen atoms in total. The summed E-state index contributed by atoms with van der Waals surface area (Å²) in [5, 5.41) is 69.0. The summed E-state index contributed by atoms with van der Waals surface area (Å²) in [6.45, 7) is 35.1. The maximum absolute atomic E-state index is 11.1. The number of aryl methyl sites for hydroxylation is 1. The van der Waals surface area contributed by atoms with Gasteiger partial charge in [0.25, 0.3) is 0 Å². The Hall–Kier alpha value is -3.81. The summed E-state index contributed by atoms with van der Waals surface area (Å²) in [6.07, 6.45) is 36.2. The summed E-state index contributed by atoms with van der Waals surface area (Å²) in [5.74, 6) is 14.8. The van der Waals surface area contributed by atoms with Crippen molar-refractivity contribution in [3.05, 3.63) is 54.9 Å². The van der Waals surface area contributed by atoms with Crippen LogP contribution in [0.3, 0.4) is 0 Å². The van der Waals surface area contributed by atoms with E-state index in [2.05, 4.69) is 87.0 Å². The largest absolute Gasteiger partial charge is 0.387 e. The first kappa shape index (κ1) is 68.7. The summed E-state index contributed by atoms with van der Waals surface area (Å²) in [4.78, 5) is 1.68. The summed E-state index contributed by atoms with van der Waals surface area (Å²) in [6, 6.07) is 0. The molecule has 3 N–H and O–H groups in total. The van der Waals surface area contributed by atoms with Crippen molar-refractivity contribution in [1.82, 2.24) is 60.6 Å². The second kappa shape index (κ2) is 28.1. The van der Waals surface area contributed by atoms with E-state index in [1.165, 1.54) is 158 Å². The fourth-order valence-electron chi connectivity index (χ4n) is 26.0. The van der Waals surface area contributed by atoms with Crippen LogP contribution in [-0.4, -0.2) is 132 Å². The molecule has 522 valence electrons. The van der Waals surface area contributed by atoms with Gasteiger partial charge in [-0.15, -0.1) is 20.4 Å². The van der Waals surface area contributed by atoms with Crippen molar-refractivity contribution >= 4 is 0 Å². The highest BCUT2D eigenvalue weighted by Gasteiger charge is 2.62. The van der Waals surface area contributed by atoms with E-state index in [1.807, 2.05) is 37.1 Å². The van der Waals surface area contributed by atoms with Gasteiger partial charge in [-0.3, -0.25) is 0 Å². The van der Waals surface area contributed by atoms with Crippen molar-refractivity contribution in [2.24, 2.45) is 123 Å². The number of aliphatic hydroxyl groups is 3. The molecule has 94 heavy (non-hydrogen) atoms. The van der Waals surface area contributed by atoms with E-state index in [0.29, 0.717) is 97.9 Å². The van der Waals surface area contributed by atoms with E-state index in [1.54, 1.807) is 11.1 Å². The fraction of sp³-hybridized carbons (Fsp3) is 0.882. The van der Waals surface area contributed by atoms with Gasteiger partial charge in [-0.1, -0.05) is 57.2 Å². The van der Waals surface area contributed by atoms with Gasteiger partial charge in [-0.05, 0) is 350 Å². The molecule has 0 aromatic carbocycles. The number of ether oxygens (including phenoxy) is 3. The van der Waals surface area contributed by atoms with Crippen LogP contribution in [0.15, 0.2) is 49.1 Å². The van der Waals surface area contributed by atoms with Gasteiger partial charge in [-0.2, -0.15) is 4.80 Å². The molecule has 24 atom stereocenters. The molecule has 0 radical (unpaired) electrons. The summed E-state index contributed by atoms with van der Waals surface area (Å²) < 4.78 is 20.6. The highest BCUT2D eigenvalue weighted by atomic mass is 16.5. The maximum Gasteiger partial charge on any atom is 0.162 e. The Balaban J connectivity index is 0.000000128. The average molecular weight is 1300 g/mol. The number of allylic oxidation sites excluding steroid dienone is 3. The van der Waals surface area contributed by atoms with E-state index in [9.17, 15) is 15.3 Å². The van der Waals surface area contributed by atoms with Crippen molar-refractivity contribution < 1.29 is 29.5 Å². The van der Waals surface area contributed by atoms with Crippen LogP contribution in [0, 0.1) is 130 Å². The number of hydrogen-bond donors (Lipinski definition) is 3. The quantitative estimate of drug-likeness (QED) is 0.101. The smallest absolute Gasteiger partial charge is 0.162 e. The summed E-state index contributed by atoms with van der Waals surface area (Å²) in [7, 11) is 0. The van der Waals surface area contributed by atoms with Crippen LogP contribution in [0.5, 0.6) is 0 Å². The van der Waals surface area contributed by atoms with Crippen molar-refractivity contribution in [2.75, 3.05) is 39.6 Å². The average Bonchev–Trinajstić information content (AvgIpc) is 1.50. The van der Waals surface area contributed by atoms with Crippen LogP contribution in [-0.2, 0) is 33.8 Å². The lowest BCUT2D eigenvalue weighted by Gasteiger charge is -2.57. The monoisotopic (exact) mass is 1300 g/mol. The van der Waals surface area contributed by atoms with E-state index in [4.69, 9.17) is 14.2 Å². The highest BCUT2D eigenvalue weighted by Crippen LogP contribution is 2.69. The number of fused-ring (bicyclic) bond motifs is 15. The van der Waals surface area contributed by atoms with Gasteiger partial charge in [0.15, 0.2) is 6.33 Å². The normalized spacial score (nSPS) is 44.0. The number of tetrazole rings is 3. The van der Waals surface area contributed by atoms with Crippen LogP contribution < -0.4 is 0 Å². The molecule has 0 bridgehead atoms. The van der Waals surface area contributed by atoms with Crippen LogP contribution in [0.2, 0.25) is 0 Å². The molecule has 3 aromatic rings. The molecule has 3 heterocycles. The first-order valence-corrected chi connectivity index (χ1v) is 38.3. The zero-order valence-electron chi connectivity index (χ0n) is 59.1. The van der Waals surface area contributed by atoms with Crippen LogP contribution in [0.25, 0.3) is 0 Å². The lowest BCUT2D eigenvalue weighted by atomic mass is 9.48. The van der Waals surface area contributed by atoms with Gasteiger partial charge in [0.1, 0.15) is 12.2 Å². The maximum atomic E-state index is 11.1. The Morgan fingerprint density at radius 1 is 0.457 bits per heavy atom. The van der Waals surface area contributed by atoms with E-state index in [0.717, 1.165) is 128 Å². The van der Waals surface area contributed by atoms with Gasteiger partial charge in [0, 0.05) is 19.8 Å². The van der Waals surface area contributed by atoms with Gasteiger partial charge < -0.3 is 29.5 Å². The van der Waals surface area contributed by atoms with Gasteiger partial charge in [0.2, 0.25) is 0 Å². The number of hydrogen-bond acceptors (Lipinski definition) is 15. The van der Waals surface area contributed by atoms with Crippen molar-refractivity contribution in [3.63, 3.8) is 0 Å². The molecule has 0 amide bonds. The molecule has 0 aliphatic heterocycles. The molecule has 12 aliphatic carbocycles. The molecule has 0 saturated heterocycles. The van der Waals surface area contributed by atoms with E-state index in [-0.39, 0.29) is 0 Å². The third kappa shape index (κ3) is 13.3. The predicted octanol–water partition coefficient (Wildman–Crippen LogP) is 13.1. The molecule has 0 spiro atoms. The third-order valence-electron chi connectivity index (χ3n) is 30.1. The predicted molar refractivity (Wildman–Crippen MR) is 362 cm³/mol. The molecular weight excluding hydrogens is 1180 g/mol. The van der Waals surface area contributed by atoms with Crippen molar-refractivity contribution in [1.29, 1.82) is 0 Å². The molecule has 3 aromatic heterocycles. The minimum atomic E-state index is -0.586. The third-order valence-corrected chi connectivity index (χ3v) is 30.1. The highest BCUT2D eigenvalue weighted by molar-refractivity contribution is 5.19. The molecule has 15 rings (SSSR count). The Morgan fingerprint density at radius 2 is 0.862 bits per heavy atom. The van der Waals surface area contributed by atoms with E-state index >= 15 is 0 Å². The molecule has 0 unspecified atom stereocenters. The Bertz CT molecular complexity index is 2900. The molecule has 12 fully saturated rings. The molecule has 12 aliphatic rings. The van der Waals surface area contributed by atoms with Crippen molar-refractivity contribution in [2.45, 2.75) is 258 Å². The zero-order chi connectivity index (χ0) is 65.8. The SMILES string of the molecule is C=C(Cn1cnnn1)[C@H]1CC[C@H]2[C@@H]3CC[C@H]4C[C@@](O)(COCC)CC[C@@H]4[C@H]3CC[C@]12C.C=C(Cn1ncnn1)[C@H]1CC[C@H]2[C@@H]3CC[C@H]4C[C@@](O)(COCC)CC[C@@H]4[C@H]3CC[C@]12C.C=C(Cn1nnnc1C)[C@H]1CC[C@H]2[C@@H]3CC[C@H]4C[C@@](O)(COCC)CC[C@@H]4[C@H]3CC[C@]12C. The van der Waals surface area contributed by atoms with Crippen LogP contribution >= 0.6 is 0 Å². The Kier molecular flexibility index (Phi) is 20.5. The minimum absolute atomic E-state index is 0.371. The molecule has 12 saturated carbocycles. The minimum Gasteiger partial charge on any atom is -0.387 e. The molecule has 18 heteroatoms. The fourth-order valence-corrected chi connectivity index (χ4v) is 26.0. The van der Waals surface area contributed by atoms with Crippen LogP contribution in [0.1, 0.15) is 221 Å². The number of nitrogens with zero attached hydrogens (tertiary/aromatic N) is 12. The second-order valence-electron chi connectivity index (χ2n) is 34.5. The lowest BCUT2D eigenvalue weighted by molar-refractivity contribution is -0.127. The summed E-state index contributed by atoms with van der Waals surface area (Å²) >= 11 is 0. The second-order valence-corrected chi connectivity index (χ2v) is 34.5. The van der Waals surface area contributed by atoms with Crippen molar-refractivity contribution in [3.8, 4) is 0 Å². The van der Waals surface area contributed by atoms with Gasteiger partial charge in [0.05, 0.1) is 56.3 Å². The Labute approximate surface area is 563 Å². The van der Waals surface area contributed by atoms with Gasteiger partial charge in [-0.25, -0.2) is 9.36 Å². The van der Waals surface area contributed by atoms with Gasteiger partial charge >= 0.3 is 0 Å². The first-order valence-electron chi connectivity index (χ1n) is 38.3. The lowest BCUT2D eigenvalue weighted by Crippen LogP contribution is -2.52. The number of aromatic nitrogens is 12. The summed E-state index contributed by atoms with van der Waals surface area (Å²) in [5.41, 5.74) is 3.28. The topological polar surface area (TPSA) is 219 Å². The van der Waals surface area contributed by atoms with Crippen LogP contribution in [0.4, 0.5) is 0 Å². The van der Waals surface area contributed by atoms with E-state index < -0.39 is 16.8 Å². The standard InChI is InChI=1S/C26H42N4O2.2C25H40N4O2/c1-5-32-16-26(31)13-11-20-19(14-26)6-7-22-21(20)10-12-25(4)23(8-9-24(22)25)17(2)15-30-18(3)27-28-29-30;1-4-31-15-25(30)12-10-19-18(13-25)5-6-21-20(19)9-11-24(3)22(7-8-23(21)24)17(2)14-29-16-26-27-28-29;1-4-31-15-25(30)12-10-19-18(13-25)5-6-21-20(19)9-11-24(3)22(7-8-23(21)24)17(2)14-29-27-16-26-28-29/h19-24,31H,2,5-16H2,1,3-4H3;2*16,18-23,30H,2,4-15H2,1,3H3/t19-,20-,21+,22+,23+,24-,25+,26+;2*18-,19-,20+,21+,22+,23-,24+,25+/m000/s1. The number of rotatable bonds is 18. The zero-order valence-corrected chi connectivity index (χ0v) is 59.1. The molecular formula is C76H122N12O6.